The lowest BCUT2D eigenvalue weighted by atomic mass is 9.48. The summed E-state index contributed by atoms with van der Waals surface area (Å²) in [5.74, 6) is -0.547. The van der Waals surface area contributed by atoms with E-state index in [2.05, 4.69) is 25.2 Å². The summed E-state index contributed by atoms with van der Waals surface area (Å²) in [6, 6.07) is 0. The Hall–Kier alpha value is -0.670. The Balaban J connectivity index is 1.72. The molecule has 3 heteroatoms. The zero-order valence-electron chi connectivity index (χ0n) is 13.5. The smallest absolute Gasteiger partial charge is 0.212 e. The second-order valence-corrected chi connectivity index (χ2v) is 8.56. The van der Waals surface area contributed by atoms with E-state index in [1.165, 1.54) is 0 Å². The van der Waals surface area contributed by atoms with E-state index in [0.717, 1.165) is 25.7 Å². The van der Waals surface area contributed by atoms with Crippen LogP contribution in [0.15, 0.2) is 24.3 Å². The van der Waals surface area contributed by atoms with E-state index in [9.17, 15) is 14.6 Å². The number of aliphatic hydroxyl groups excluding tert-OH is 1. The van der Waals surface area contributed by atoms with Crippen molar-refractivity contribution < 1.29 is 14.6 Å². The van der Waals surface area contributed by atoms with Gasteiger partial charge in [-0.15, -0.1) is 0 Å². The van der Waals surface area contributed by atoms with E-state index in [1.54, 1.807) is 0 Å². The molecule has 0 amide bonds. The third-order valence-corrected chi connectivity index (χ3v) is 7.72. The van der Waals surface area contributed by atoms with Crippen molar-refractivity contribution in [2.45, 2.75) is 57.9 Å². The van der Waals surface area contributed by atoms with Crippen molar-refractivity contribution >= 4 is 0 Å². The predicted octanol–water partition coefficient (Wildman–Crippen LogP) is 3.60. The molecule has 0 radical (unpaired) electrons. The SMILES string of the molecule is C[C@]12C=CC(O)CC1C=C[C@@H]1[C@H]2CC[C@@]2(C)[C@H]1CCC2(O)F. The number of hydrogen-bond donors (Lipinski definition) is 2. The highest BCUT2D eigenvalue weighted by molar-refractivity contribution is 5.24. The summed E-state index contributed by atoms with van der Waals surface area (Å²) in [5, 5.41) is 20.1. The van der Waals surface area contributed by atoms with Crippen LogP contribution in [-0.4, -0.2) is 22.2 Å². The van der Waals surface area contributed by atoms with Gasteiger partial charge in [-0.2, -0.15) is 0 Å². The summed E-state index contributed by atoms with van der Waals surface area (Å²) in [7, 11) is 0. The molecule has 0 heterocycles. The summed E-state index contributed by atoms with van der Waals surface area (Å²) in [5.41, 5.74) is -0.531. The molecule has 0 aromatic heterocycles. The average Bonchev–Trinajstić information content (AvgIpc) is 2.70. The van der Waals surface area contributed by atoms with Crippen LogP contribution in [0.4, 0.5) is 4.39 Å². The van der Waals surface area contributed by atoms with Gasteiger partial charge in [0.2, 0.25) is 5.85 Å². The Morgan fingerprint density at radius 3 is 2.55 bits per heavy atom. The number of fused-ring (bicyclic) bond motifs is 5. The molecule has 22 heavy (non-hydrogen) atoms. The maximum atomic E-state index is 14.7. The highest BCUT2D eigenvalue weighted by Gasteiger charge is 2.64. The first-order valence-electron chi connectivity index (χ1n) is 8.75. The van der Waals surface area contributed by atoms with E-state index in [4.69, 9.17) is 0 Å². The largest absolute Gasteiger partial charge is 0.389 e. The van der Waals surface area contributed by atoms with Crippen LogP contribution in [0, 0.1) is 34.5 Å². The molecule has 8 atom stereocenters. The maximum Gasteiger partial charge on any atom is 0.212 e. The molecule has 4 aliphatic carbocycles. The normalized spacial score (nSPS) is 59.8. The van der Waals surface area contributed by atoms with E-state index in [-0.39, 0.29) is 23.9 Å². The topological polar surface area (TPSA) is 40.5 Å². The van der Waals surface area contributed by atoms with Crippen molar-refractivity contribution in [1.82, 2.24) is 0 Å². The van der Waals surface area contributed by atoms with E-state index in [1.807, 2.05) is 13.0 Å². The van der Waals surface area contributed by atoms with Gasteiger partial charge in [-0.1, -0.05) is 38.2 Å². The third-order valence-electron chi connectivity index (χ3n) is 7.72. The van der Waals surface area contributed by atoms with Gasteiger partial charge in [0.1, 0.15) is 0 Å². The van der Waals surface area contributed by atoms with Gasteiger partial charge in [0.25, 0.3) is 0 Å². The molecule has 2 saturated carbocycles. The van der Waals surface area contributed by atoms with Crippen LogP contribution in [0.3, 0.4) is 0 Å². The highest BCUT2D eigenvalue weighted by Crippen LogP contribution is 2.66. The van der Waals surface area contributed by atoms with Crippen LogP contribution in [0.1, 0.15) is 46.0 Å². The number of rotatable bonds is 0. The van der Waals surface area contributed by atoms with Crippen LogP contribution >= 0.6 is 0 Å². The number of halogens is 1. The van der Waals surface area contributed by atoms with Crippen LogP contribution < -0.4 is 0 Å². The minimum absolute atomic E-state index is 0.0665. The monoisotopic (exact) mass is 306 g/mol. The molecule has 0 aliphatic heterocycles. The molecule has 0 bridgehead atoms. The van der Waals surface area contributed by atoms with Crippen molar-refractivity contribution in [3.05, 3.63) is 24.3 Å². The molecule has 4 aliphatic rings. The van der Waals surface area contributed by atoms with Gasteiger partial charge in [0.15, 0.2) is 0 Å². The lowest BCUT2D eigenvalue weighted by molar-refractivity contribution is -0.194. The molecule has 0 aromatic carbocycles. The van der Waals surface area contributed by atoms with Gasteiger partial charge in [0, 0.05) is 11.8 Å². The van der Waals surface area contributed by atoms with Crippen LogP contribution in [0.5, 0.6) is 0 Å². The summed E-state index contributed by atoms with van der Waals surface area (Å²) in [6.07, 6.45) is 11.9. The number of alkyl halides is 1. The summed E-state index contributed by atoms with van der Waals surface area (Å²) in [6.45, 7) is 4.25. The highest BCUT2D eigenvalue weighted by atomic mass is 19.2. The Kier molecular flexibility index (Phi) is 3.01. The predicted molar refractivity (Wildman–Crippen MR) is 83.6 cm³/mol. The van der Waals surface area contributed by atoms with Crippen LogP contribution in [0.2, 0.25) is 0 Å². The van der Waals surface area contributed by atoms with Crippen molar-refractivity contribution in [2.24, 2.45) is 34.5 Å². The Bertz CT molecular complexity index is 540. The number of aliphatic hydroxyl groups is 2. The second-order valence-electron chi connectivity index (χ2n) is 8.56. The molecular weight excluding hydrogens is 279 g/mol. The molecule has 0 aromatic rings. The molecule has 2 N–H and O–H groups in total. The fourth-order valence-electron chi connectivity index (χ4n) is 6.13. The van der Waals surface area contributed by atoms with Crippen molar-refractivity contribution in [1.29, 1.82) is 0 Å². The molecule has 0 spiro atoms. The van der Waals surface area contributed by atoms with Gasteiger partial charge < -0.3 is 10.2 Å². The van der Waals surface area contributed by atoms with Gasteiger partial charge in [-0.25, -0.2) is 4.39 Å². The van der Waals surface area contributed by atoms with E-state index in [0.29, 0.717) is 17.8 Å². The van der Waals surface area contributed by atoms with Crippen LogP contribution in [0.25, 0.3) is 0 Å². The summed E-state index contributed by atoms with van der Waals surface area (Å²) >= 11 is 0. The van der Waals surface area contributed by atoms with Crippen LogP contribution in [-0.2, 0) is 0 Å². The standard InChI is InChI=1S/C19H27FO2/c1-17-8-5-13(21)11-12(17)3-4-14-15(17)6-9-18(2)16(14)7-10-19(18,20)22/h3-5,8,12-16,21-22H,6-7,9-11H2,1-2H3/t12?,13?,14-,15-,16+,17+,18+,19?/m1/s1. The zero-order valence-corrected chi connectivity index (χ0v) is 13.5. The fraction of sp³-hybridized carbons (Fsp3) is 0.789. The van der Waals surface area contributed by atoms with Gasteiger partial charge in [-0.3, -0.25) is 0 Å². The van der Waals surface area contributed by atoms with Gasteiger partial charge >= 0.3 is 0 Å². The minimum Gasteiger partial charge on any atom is -0.389 e. The Morgan fingerprint density at radius 1 is 1.05 bits per heavy atom. The first-order valence-corrected chi connectivity index (χ1v) is 8.75. The second kappa shape index (κ2) is 4.45. The zero-order chi connectivity index (χ0) is 15.8. The summed E-state index contributed by atoms with van der Waals surface area (Å²) in [4.78, 5) is 0. The molecule has 3 unspecified atom stereocenters. The van der Waals surface area contributed by atoms with Crippen molar-refractivity contribution in [3.63, 3.8) is 0 Å². The van der Waals surface area contributed by atoms with Gasteiger partial charge in [0.05, 0.1) is 6.10 Å². The van der Waals surface area contributed by atoms with E-state index >= 15 is 0 Å². The fourth-order valence-corrected chi connectivity index (χ4v) is 6.13. The Morgan fingerprint density at radius 2 is 1.77 bits per heavy atom. The quantitative estimate of drug-likeness (QED) is 0.671. The average molecular weight is 306 g/mol. The lowest BCUT2D eigenvalue weighted by Crippen LogP contribution is -2.53. The molecule has 0 saturated heterocycles. The minimum atomic E-state index is -2.01. The van der Waals surface area contributed by atoms with E-state index < -0.39 is 11.3 Å². The molecule has 122 valence electrons. The Labute approximate surface area is 132 Å². The van der Waals surface area contributed by atoms with Gasteiger partial charge in [-0.05, 0) is 54.8 Å². The molecule has 4 rings (SSSR count). The van der Waals surface area contributed by atoms with Crippen molar-refractivity contribution in [2.75, 3.05) is 0 Å². The lowest BCUT2D eigenvalue weighted by Gasteiger charge is -2.57. The summed E-state index contributed by atoms with van der Waals surface area (Å²) < 4.78 is 14.7. The first kappa shape index (κ1) is 14.9. The maximum absolute atomic E-state index is 14.7. The first-order chi connectivity index (χ1) is 10.3. The molecule has 2 fully saturated rings. The molecule has 2 nitrogen and oxygen atoms in total. The third kappa shape index (κ3) is 1.73. The number of allylic oxidation sites excluding steroid dienone is 3. The molecular formula is C19H27FO2. The van der Waals surface area contributed by atoms with Crippen molar-refractivity contribution in [3.8, 4) is 0 Å². The number of hydrogen-bond acceptors (Lipinski definition) is 2.